The quantitative estimate of drug-likeness (QED) is 0.516. The summed E-state index contributed by atoms with van der Waals surface area (Å²) in [6.45, 7) is -0.510. The highest BCUT2D eigenvalue weighted by atomic mass is 16.5. The van der Waals surface area contributed by atoms with Crippen LogP contribution in [0.15, 0.2) is 36.1 Å². The number of rotatable bonds is 8. The predicted molar refractivity (Wildman–Crippen MR) is 125 cm³/mol. The van der Waals surface area contributed by atoms with Crippen LogP contribution < -0.4 is 23.7 Å². The molecular formula is C25H25NO10. The van der Waals surface area contributed by atoms with E-state index in [0.29, 0.717) is 28.4 Å². The number of carboxylic acids is 1. The summed E-state index contributed by atoms with van der Waals surface area (Å²) >= 11 is 0. The predicted octanol–water partition coefficient (Wildman–Crippen LogP) is 1.75. The molecule has 1 saturated heterocycles. The Hall–Kier alpha value is -4.25. The van der Waals surface area contributed by atoms with E-state index in [1.807, 2.05) is 0 Å². The van der Waals surface area contributed by atoms with Gasteiger partial charge in [-0.15, -0.1) is 0 Å². The second kappa shape index (κ2) is 10.2. The monoisotopic (exact) mass is 499 g/mol. The first kappa shape index (κ1) is 24.9. The van der Waals surface area contributed by atoms with Crippen molar-refractivity contribution in [2.75, 3.05) is 34.5 Å². The summed E-state index contributed by atoms with van der Waals surface area (Å²) < 4.78 is 27.4. The van der Waals surface area contributed by atoms with Crippen molar-refractivity contribution in [2.45, 2.75) is 18.6 Å². The number of carboxylic acid groups (broad SMARTS) is 1. The van der Waals surface area contributed by atoms with Gasteiger partial charge in [0.25, 0.3) is 5.91 Å². The minimum Gasteiger partial charge on any atom is -0.493 e. The Morgan fingerprint density at radius 3 is 2.53 bits per heavy atom. The number of nitrogens with zero attached hydrogens (tertiary/aromatic N) is 1. The Kier molecular flexibility index (Phi) is 7.02. The zero-order valence-corrected chi connectivity index (χ0v) is 19.8. The van der Waals surface area contributed by atoms with Gasteiger partial charge in [0, 0.05) is 24.6 Å². The number of amides is 1. The maximum absolute atomic E-state index is 12.9. The van der Waals surface area contributed by atoms with Gasteiger partial charge in [-0.05, 0) is 30.3 Å². The summed E-state index contributed by atoms with van der Waals surface area (Å²) in [5.41, 5.74) is 0.849. The van der Waals surface area contributed by atoms with Crippen molar-refractivity contribution in [3.63, 3.8) is 0 Å². The number of β-amino-alcohol motifs (C(OH)–C–C–N with tert-alkyl or cyclic N) is 1. The number of fused-ring (bicyclic) bond motifs is 1. The summed E-state index contributed by atoms with van der Waals surface area (Å²) in [6, 6.07) is 6.79. The number of aliphatic hydroxyl groups excluding tert-OH is 1. The number of methoxy groups -OCH3 is 3. The molecule has 4 rings (SSSR count). The van der Waals surface area contributed by atoms with E-state index in [1.54, 1.807) is 12.1 Å². The van der Waals surface area contributed by atoms with Gasteiger partial charge in [0.05, 0.1) is 33.0 Å². The third-order valence-electron chi connectivity index (χ3n) is 5.91. The Labute approximate surface area is 206 Å². The van der Waals surface area contributed by atoms with Crippen LogP contribution in [-0.4, -0.2) is 79.4 Å². The fourth-order valence-electron chi connectivity index (χ4n) is 4.19. The van der Waals surface area contributed by atoms with E-state index in [1.165, 1.54) is 45.6 Å². The lowest BCUT2D eigenvalue weighted by Gasteiger charge is -2.21. The van der Waals surface area contributed by atoms with Crippen LogP contribution in [0.4, 0.5) is 0 Å². The smallest absolute Gasteiger partial charge is 0.326 e. The number of benzene rings is 2. The number of ether oxygens (including phenoxy) is 5. The zero-order valence-electron chi connectivity index (χ0n) is 19.8. The molecule has 11 nitrogen and oxygen atoms in total. The summed E-state index contributed by atoms with van der Waals surface area (Å²) in [7, 11) is 4.45. The summed E-state index contributed by atoms with van der Waals surface area (Å²) in [4.78, 5) is 37.8. The molecule has 1 amide bonds. The van der Waals surface area contributed by atoms with E-state index >= 15 is 0 Å². The molecule has 2 aliphatic rings. The second-order valence-corrected chi connectivity index (χ2v) is 8.10. The van der Waals surface area contributed by atoms with Crippen LogP contribution in [0.1, 0.15) is 22.3 Å². The number of likely N-dealkylation sites (tertiary alicyclic amines) is 1. The average molecular weight is 499 g/mol. The van der Waals surface area contributed by atoms with Crippen LogP contribution in [0.3, 0.4) is 0 Å². The molecule has 11 heteroatoms. The first-order valence-corrected chi connectivity index (χ1v) is 11.0. The number of carbonyl (C=O) groups is 3. The number of aliphatic carboxylic acids is 1. The van der Waals surface area contributed by atoms with Gasteiger partial charge in [-0.2, -0.15) is 0 Å². The second-order valence-electron chi connectivity index (χ2n) is 8.10. The molecule has 0 bridgehead atoms. The molecule has 190 valence electrons. The summed E-state index contributed by atoms with van der Waals surface area (Å²) in [5.74, 6) is -0.347. The van der Waals surface area contributed by atoms with Gasteiger partial charge in [0.1, 0.15) is 17.5 Å². The van der Waals surface area contributed by atoms with Crippen LogP contribution in [-0.2, 0) is 9.59 Å². The van der Waals surface area contributed by atoms with Gasteiger partial charge in [-0.1, -0.05) is 0 Å². The third kappa shape index (κ3) is 4.65. The molecule has 1 fully saturated rings. The van der Waals surface area contributed by atoms with Gasteiger partial charge in [-0.3, -0.25) is 9.59 Å². The van der Waals surface area contributed by atoms with Crippen LogP contribution in [0.25, 0.3) is 6.08 Å². The fourth-order valence-corrected chi connectivity index (χ4v) is 4.19. The maximum Gasteiger partial charge on any atom is 0.326 e. The molecule has 2 heterocycles. The lowest BCUT2D eigenvalue weighted by molar-refractivity contribution is -0.148. The summed E-state index contributed by atoms with van der Waals surface area (Å²) in [6.07, 6.45) is 0.595. The number of aliphatic hydroxyl groups is 1. The molecule has 0 aromatic heterocycles. The van der Waals surface area contributed by atoms with Crippen LogP contribution >= 0.6 is 0 Å². The van der Waals surface area contributed by atoms with Crippen LogP contribution in [0.2, 0.25) is 0 Å². The molecule has 0 saturated carbocycles. The number of hydrogen-bond donors (Lipinski definition) is 2. The number of allylic oxidation sites excluding steroid dienone is 1. The Morgan fingerprint density at radius 2 is 1.86 bits per heavy atom. The lowest BCUT2D eigenvalue weighted by Crippen LogP contribution is -2.42. The molecule has 2 N–H and O–H groups in total. The minimum atomic E-state index is -1.19. The van der Waals surface area contributed by atoms with Crippen LogP contribution in [0.5, 0.6) is 28.7 Å². The molecule has 36 heavy (non-hydrogen) atoms. The van der Waals surface area contributed by atoms with E-state index in [0.717, 1.165) is 4.90 Å². The first-order chi connectivity index (χ1) is 17.3. The van der Waals surface area contributed by atoms with Crippen molar-refractivity contribution in [1.82, 2.24) is 4.90 Å². The number of Topliss-reactive ketones (excluding diaryl/α,β-unsaturated/α-hetero) is 1. The van der Waals surface area contributed by atoms with Crippen LogP contribution in [0, 0.1) is 0 Å². The molecule has 2 aromatic rings. The van der Waals surface area contributed by atoms with Gasteiger partial charge in [0.15, 0.2) is 23.9 Å². The van der Waals surface area contributed by atoms with E-state index in [-0.39, 0.29) is 36.0 Å². The van der Waals surface area contributed by atoms with Crippen molar-refractivity contribution in [2.24, 2.45) is 0 Å². The molecule has 0 radical (unpaired) electrons. The largest absolute Gasteiger partial charge is 0.493 e. The number of hydrogen-bond acceptors (Lipinski definition) is 9. The molecule has 2 atom stereocenters. The Morgan fingerprint density at radius 1 is 1.11 bits per heavy atom. The minimum absolute atomic E-state index is 0.0319. The zero-order chi connectivity index (χ0) is 26.0. The van der Waals surface area contributed by atoms with Crippen molar-refractivity contribution in [3.8, 4) is 28.7 Å². The molecule has 0 aliphatic carbocycles. The fraction of sp³-hybridized carbons (Fsp3) is 0.320. The average Bonchev–Trinajstić information content (AvgIpc) is 3.41. The van der Waals surface area contributed by atoms with Crippen molar-refractivity contribution >= 4 is 23.7 Å². The lowest BCUT2D eigenvalue weighted by atomic mass is 10.1. The van der Waals surface area contributed by atoms with Crippen molar-refractivity contribution in [3.05, 3.63) is 47.2 Å². The molecule has 0 unspecified atom stereocenters. The van der Waals surface area contributed by atoms with E-state index in [9.17, 15) is 24.6 Å². The highest BCUT2D eigenvalue weighted by Crippen LogP contribution is 2.42. The molecular weight excluding hydrogens is 474 g/mol. The summed E-state index contributed by atoms with van der Waals surface area (Å²) in [5, 5.41) is 19.0. The number of carbonyl (C=O) groups excluding carboxylic acids is 2. The molecule has 2 aliphatic heterocycles. The van der Waals surface area contributed by atoms with Crippen molar-refractivity contribution < 1.29 is 48.3 Å². The maximum atomic E-state index is 12.9. The van der Waals surface area contributed by atoms with E-state index in [2.05, 4.69) is 0 Å². The Balaban J connectivity index is 1.50. The standard InChI is InChI=1S/C25H25NO10/c1-32-18-7-4-13(23(33-2)24(18)34-3)8-20-22(29)16-6-5-15(10-19(16)36-20)35-12-21(28)26-11-14(27)9-17(26)25(30)31/h4-8,10,14,17,27H,9,11-12H2,1-3H3,(H,30,31)/t14-,17-/m0/s1. The van der Waals surface area contributed by atoms with Crippen molar-refractivity contribution in [1.29, 1.82) is 0 Å². The molecule has 2 aromatic carbocycles. The molecule has 0 spiro atoms. The van der Waals surface area contributed by atoms with Gasteiger partial charge in [-0.25, -0.2) is 4.79 Å². The Bertz CT molecular complexity index is 1240. The van der Waals surface area contributed by atoms with E-state index in [4.69, 9.17) is 23.7 Å². The highest BCUT2D eigenvalue weighted by molar-refractivity contribution is 6.14. The normalized spacial score (nSPS) is 19.6. The number of ketones is 1. The van der Waals surface area contributed by atoms with Gasteiger partial charge < -0.3 is 38.8 Å². The van der Waals surface area contributed by atoms with E-state index < -0.39 is 30.6 Å². The third-order valence-corrected chi connectivity index (χ3v) is 5.91. The first-order valence-electron chi connectivity index (χ1n) is 11.0. The SMILES string of the molecule is COc1ccc(C=C2Oc3cc(OCC(=O)N4C[C@@H](O)C[C@H]4C(=O)O)ccc3C2=O)c(OC)c1OC. The van der Waals surface area contributed by atoms with Gasteiger partial charge >= 0.3 is 5.97 Å². The highest BCUT2D eigenvalue weighted by Gasteiger charge is 2.39. The topological polar surface area (TPSA) is 141 Å². The van der Waals surface area contributed by atoms with Gasteiger partial charge in [0.2, 0.25) is 11.5 Å².